The van der Waals surface area contributed by atoms with E-state index in [1.807, 2.05) is 45.2 Å². The fraction of sp³-hybridized carbons (Fsp3) is 0.222. The average molecular weight is 455 g/mol. The molecule has 7 nitrogen and oxygen atoms in total. The summed E-state index contributed by atoms with van der Waals surface area (Å²) in [5, 5.41) is 12.9. The summed E-state index contributed by atoms with van der Waals surface area (Å²) in [6.45, 7) is 7.13. The highest BCUT2D eigenvalue weighted by Crippen LogP contribution is 2.30. The monoisotopic (exact) mass is 454 g/mol. The number of hydrogen-bond donors (Lipinski definition) is 2. The van der Waals surface area contributed by atoms with Gasteiger partial charge in [-0.3, -0.25) is 9.20 Å². The van der Waals surface area contributed by atoms with Crippen LogP contribution in [0.15, 0.2) is 65.6 Å². The van der Waals surface area contributed by atoms with Gasteiger partial charge < -0.3 is 15.3 Å². The second-order valence-electron chi connectivity index (χ2n) is 8.87. The molecule has 0 radical (unpaired) electrons. The van der Waals surface area contributed by atoms with E-state index in [9.17, 15) is 14.7 Å². The third-order valence-electron chi connectivity index (χ3n) is 6.43. The van der Waals surface area contributed by atoms with Gasteiger partial charge in [0.1, 0.15) is 11.5 Å². The Morgan fingerprint density at radius 2 is 1.71 bits per heavy atom. The second kappa shape index (κ2) is 8.33. The minimum Gasteiger partial charge on any atom is -0.478 e. The minimum absolute atomic E-state index is 0.0981. The minimum atomic E-state index is -0.995. The smallest absolute Gasteiger partial charge is 0.337 e. The Hall–Kier alpha value is -4.13. The molecule has 2 aromatic carbocycles. The van der Waals surface area contributed by atoms with E-state index in [1.165, 1.54) is 11.1 Å². The number of pyridine rings is 1. The molecule has 34 heavy (non-hydrogen) atoms. The zero-order chi connectivity index (χ0) is 24.0. The largest absolute Gasteiger partial charge is 0.478 e. The van der Waals surface area contributed by atoms with Crippen LogP contribution in [0.2, 0.25) is 0 Å². The predicted octanol–water partition coefficient (Wildman–Crippen LogP) is 4.70. The number of aromatic carboxylic acids is 1. The number of aryl methyl sites for hydroxylation is 1. The van der Waals surface area contributed by atoms with E-state index in [4.69, 9.17) is 4.98 Å². The third-order valence-corrected chi connectivity index (χ3v) is 6.43. The van der Waals surface area contributed by atoms with Gasteiger partial charge in [-0.2, -0.15) is 0 Å². The lowest BCUT2D eigenvalue weighted by Crippen LogP contribution is -2.27. The van der Waals surface area contributed by atoms with Gasteiger partial charge in [-0.1, -0.05) is 36.4 Å². The predicted molar refractivity (Wildman–Crippen MR) is 133 cm³/mol. The molecule has 2 aromatic heterocycles. The fourth-order valence-electron chi connectivity index (χ4n) is 4.70. The van der Waals surface area contributed by atoms with Gasteiger partial charge in [0, 0.05) is 30.5 Å². The number of nitrogens with one attached hydrogen (secondary N) is 1. The number of para-hydroxylation sites is 1. The van der Waals surface area contributed by atoms with Crippen LogP contribution in [0.4, 0.5) is 11.5 Å². The van der Waals surface area contributed by atoms with Crippen LogP contribution in [0.25, 0.3) is 5.65 Å². The number of rotatable bonds is 5. The first-order valence-corrected chi connectivity index (χ1v) is 11.3. The second-order valence-corrected chi connectivity index (χ2v) is 8.87. The fourth-order valence-corrected chi connectivity index (χ4v) is 4.70. The normalized spacial score (nSPS) is 13.7. The van der Waals surface area contributed by atoms with E-state index in [0.717, 1.165) is 11.1 Å². The highest BCUT2D eigenvalue weighted by atomic mass is 16.4. The van der Waals surface area contributed by atoms with Crippen molar-refractivity contribution in [3.05, 3.63) is 105 Å². The molecule has 1 aliphatic rings. The molecule has 2 N–H and O–H groups in total. The van der Waals surface area contributed by atoms with Crippen molar-refractivity contribution >= 4 is 23.1 Å². The number of carboxylic acid groups (broad SMARTS) is 1. The number of carbonyl (C=O) groups is 1. The summed E-state index contributed by atoms with van der Waals surface area (Å²) in [6, 6.07) is 16.8. The van der Waals surface area contributed by atoms with Crippen LogP contribution in [-0.4, -0.2) is 20.5 Å². The van der Waals surface area contributed by atoms with Gasteiger partial charge >= 0.3 is 5.97 Å². The SMILES string of the molecule is Cc1cc([C@H](C)Nc2ccccc2C(=O)O)c2nc(N3Cc4ccccc4C3)c(C)c(=O)n2c1. The maximum absolute atomic E-state index is 13.4. The first-order valence-electron chi connectivity index (χ1n) is 11.3. The van der Waals surface area contributed by atoms with Gasteiger partial charge in [0.25, 0.3) is 5.56 Å². The van der Waals surface area contributed by atoms with Gasteiger partial charge in [-0.25, -0.2) is 9.78 Å². The van der Waals surface area contributed by atoms with Crippen molar-refractivity contribution in [2.24, 2.45) is 0 Å². The van der Waals surface area contributed by atoms with Gasteiger partial charge in [0.15, 0.2) is 0 Å². The molecule has 172 valence electrons. The number of nitrogens with zero attached hydrogens (tertiary/aromatic N) is 3. The number of hydrogen-bond acceptors (Lipinski definition) is 5. The first kappa shape index (κ1) is 21.7. The Morgan fingerprint density at radius 3 is 2.38 bits per heavy atom. The Labute approximate surface area is 197 Å². The number of benzene rings is 2. The van der Waals surface area contributed by atoms with Crippen LogP contribution in [0.1, 0.15) is 51.1 Å². The van der Waals surface area contributed by atoms with Crippen LogP contribution in [-0.2, 0) is 13.1 Å². The van der Waals surface area contributed by atoms with Crippen LogP contribution in [0, 0.1) is 13.8 Å². The van der Waals surface area contributed by atoms with Crippen LogP contribution >= 0.6 is 0 Å². The molecular weight excluding hydrogens is 428 g/mol. The molecule has 0 aliphatic carbocycles. The molecule has 1 aliphatic heterocycles. The Morgan fingerprint density at radius 1 is 1.06 bits per heavy atom. The Kier molecular flexibility index (Phi) is 5.32. The summed E-state index contributed by atoms with van der Waals surface area (Å²) in [4.78, 5) is 32.2. The summed E-state index contributed by atoms with van der Waals surface area (Å²) in [6.07, 6.45) is 1.81. The molecule has 0 fully saturated rings. The molecule has 3 heterocycles. The van der Waals surface area contributed by atoms with Crippen molar-refractivity contribution in [2.75, 3.05) is 10.2 Å². The van der Waals surface area contributed by atoms with Crippen molar-refractivity contribution in [3.63, 3.8) is 0 Å². The summed E-state index contributed by atoms with van der Waals surface area (Å²) in [5.41, 5.74) is 6.04. The van der Waals surface area contributed by atoms with Gasteiger partial charge in [0.2, 0.25) is 0 Å². The maximum atomic E-state index is 13.4. The number of anilines is 2. The highest BCUT2D eigenvalue weighted by molar-refractivity contribution is 5.94. The standard InChI is InChI=1S/C27H26N4O3/c1-16-12-22(18(3)28-23-11-7-6-10-21(23)27(33)34)25-29-24(17(2)26(32)31(25)13-16)30-14-19-8-4-5-9-20(19)15-30/h4-13,18,28H,14-15H2,1-3H3,(H,33,34)/t18-/m0/s1. The molecule has 0 bridgehead atoms. The maximum Gasteiger partial charge on any atom is 0.337 e. The highest BCUT2D eigenvalue weighted by Gasteiger charge is 2.24. The molecule has 0 saturated carbocycles. The molecule has 0 unspecified atom stereocenters. The summed E-state index contributed by atoms with van der Waals surface area (Å²) in [5.74, 6) is -0.310. The summed E-state index contributed by atoms with van der Waals surface area (Å²) < 4.78 is 1.61. The Bertz CT molecular complexity index is 1470. The molecule has 4 aromatic rings. The summed E-state index contributed by atoms with van der Waals surface area (Å²) >= 11 is 0. The summed E-state index contributed by atoms with van der Waals surface area (Å²) in [7, 11) is 0. The van der Waals surface area contributed by atoms with Gasteiger partial charge in [-0.05, 0) is 55.7 Å². The zero-order valence-corrected chi connectivity index (χ0v) is 19.4. The topological polar surface area (TPSA) is 86.9 Å². The van der Waals surface area contributed by atoms with E-state index < -0.39 is 5.97 Å². The lowest BCUT2D eigenvalue weighted by molar-refractivity contribution is 0.0698. The van der Waals surface area contributed by atoms with Crippen LogP contribution in [0.3, 0.4) is 0 Å². The van der Waals surface area contributed by atoms with Crippen molar-refractivity contribution in [2.45, 2.75) is 39.9 Å². The van der Waals surface area contributed by atoms with E-state index in [-0.39, 0.29) is 17.2 Å². The number of fused-ring (bicyclic) bond motifs is 2. The van der Waals surface area contributed by atoms with Crippen molar-refractivity contribution in [3.8, 4) is 0 Å². The van der Waals surface area contributed by atoms with Gasteiger partial charge in [0.05, 0.1) is 17.2 Å². The van der Waals surface area contributed by atoms with E-state index in [1.54, 1.807) is 28.7 Å². The van der Waals surface area contributed by atoms with Crippen molar-refractivity contribution in [1.82, 2.24) is 9.38 Å². The van der Waals surface area contributed by atoms with E-state index in [0.29, 0.717) is 35.8 Å². The van der Waals surface area contributed by atoms with E-state index in [2.05, 4.69) is 22.3 Å². The van der Waals surface area contributed by atoms with Crippen LogP contribution < -0.4 is 15.8 Å². The first-order chi connectivity index (χ1) is 16.3. The van der Waals surface area contributed by atoms with E-state index >= 15 is 0 Å². The third kappa shape index (κ3) is 3.69. The Balaban J connectivity index is 1.60. The molecule has 0 amide bonds. The van der Waals surface area contributed by atoms with Crippen molar-refractivity contribution in [1.29, 1.82) is 0 Å². The lowest BCUT2D eigenvalue weighted by atomic mass is 10.1. The average Bonchev–Trinajstić information content (AvgIpc) is 3.25. The molecular formula is C27H26N4O3. The van der Waals surface area contributed by atoms with Crippen molar-refractivity contribution < 1.29 is 9.90 Å². The molecule has 0 spiro atoms. The lowest BCUT2D eigenvalue weighted by Gasteiger charge is -2.23. The zero-order valence-electron chi connectivity index (χ0n) is 19.4. The van der Waals surface area contributed by atoms with Crippen LogP contribution in [0.5, 0.6) is 0 Å². The van der Waals surface area contributed by atoms with Gasteiger partial charge in [-0.15, -0.1) is 0 Å². The molecule has 0 saturated heterocycles. The molecule has 7 heteroatoms. The number of carboxylic acids is 1. The quantitative estimate of drug-likeness (QED) is 0.454. The molecule has 1 atom stereocenters. The molecule has 5 rings (SSSR count). The number of aromatic nitrogens is 2.